The van der Waals surface area contributed by atoms with Crippen LogP contribution in [0.5, 0.6) is 5.75 Å². The fourth-order valence-corrected chi connectivity index (χ4v) is 2.67. The minimum Gasteiger partial charge on any atom is -0.507 e. The van der Waals surface area contributed by atoms with Gasteiger partial charge in [0.05, 0.1) is 18.7 Å². The maximum Gasteiger partial charge on any atom is 0.416 e. The first-order chi connectivity index (χ1) is 10.9. The average Bonchev–Trinajstić information content (AvgIpc) is 2.53. The van der Waals surface area contributed by atoms with Crippen LogP contribution in [-0.4, -0.2) is 47.9 Å². The van der Waals surface area contributed by atoms with Crippen molar-refractivity contribution in [3.8, 4) is 5.75 Å². The standard InChI is InChI=1S/C16H14F3NO3/c17-16(18,19)13-9-20(7-8-23-13)15(22)14-11-4-2-1-3-10(11)5-6-12(14)21/h1-6,13,21H,7-9H2/t13-/m0/s1. The summed E-state index contributed by atoms with van der Waals surface area (Å²) in [5.41, 5.74) is 0.0194. The summed E-state index contributed by atoms with van der Waals surface area (Å²) in [6.45, 7) is -0.722. The molecule has 1 fully saturated rings. The van der Waals surface area contributed by atoms with Crippen molar-refractivity contribution in [1.82, 2.24) is 4.90 Å². The number of benzene rings is 2. The molecular weight excluding hydrogens is 311 g/mol. The largest absolute Gasteiger partial charge is 0.507 e. The van der Waals surface area contributed by atoms with Gasteiger partial charge in [-0.3, -0.25) is 4.79 Å². The van der Waals surface area contributed by atoms with Crippen LogP contribution < -0.4 is 0 Å². The lowest BCUT2D eigenvalue weighted by Gasteiger charge is -2.34. The molecule has 2 aromatic rings. The zero-order valence-corrected chi connectivity index (χ0v) is 12.0. The number of ether oxygens (including phenoxy) is 1. The van der Waals surface area contributed by atoms with Crippen molar-refractivity contribution in [2.24, 2.45) is 0 Å². The Bertz CT molecular complexity index is 745. The van der Waals surface area contributed by atoms with Crippen LogP contribution in [0.3, 0.4) is 0 Å². The zero-order valence-electron chi connectivity index (χ0n) is 12.0. The van der Waals surface area contributed by atoms with Gasteiger partial charge in [0.2, 0.25) is 0 Å². The Morgan fingerprint density at radius 2 is 1.96 bits per heavy atom. The first-order valence-electron chi connectivity index (χ1n) is 7.06. The van der Waals surface area contributed by atoms with Crippen LogP contribution in [0.1, 0.15) is 10.4 Å². The van der Waals surface area contributed by atoms with Gasteiger partial charge >= 0.3 is 6.18 Å². The molecule has 0 radical (unpaired) electrons. The van der Waals surface area contributed by atoms with E-state index in [0.29, 0.717) is 5.39 Å². The fourth-order valence-electron chi connectivity index (χ4n) is 2.67. The molecule has 0 spiro atoms. The van der Waals surface area contributed by atoms with E-state index in [2.05, 4.69) is 0 Å². The van der Waals surface area contributed by atoms with Gasteiger partial charge in [0.25, 0.3) is 5.91 Å². The summed E-state index contributed by atoms with van der Waals surface area (Å²) in [7, 11) is 0. The number of carbonyl (C=O) groups is 1. The van der Waals surface area contributed by atoms with Crippen LogP contribution in [0.25, 0.3) is 10.8 Å². The third-order valence-corrected chi connectivity index (χ3v) is 3.84. The Morgan fingerprint density at radius 3 is 2.70 bits per heavy atom. The molecule has 1 aliphatic heterocycles. The molecule has 1 heterocycles. The summed E-state index contributed by atoms with van der Waals surface area (Å²) in [5, 5.41) is 11.3. The van der Waals surface area contributed by atoms with Crippen molar-refractivity contribution < 1.29 is 27.8 Å². The second kappa shape index (κ2) is 5.73. The molecule has 122 valence electrons. The lowest BCUT2D eigenvalue weighted by atomic mass is 10.0. The van der Waals surface area contributed by atoms with Gasteiger partial charge in [-0.25, -0.2) is 0 Å². The Balaban J connectivity index is 1.96. The molecule has 0 bridgehead atoms. The Kier molecular flexibility index (Phi) is 3.89. The van der Waals surface area contributed by atoms with E-state index in [1.807, 2.05) is 0 Å². The van der Waals surface area contributed by atoms with Crippen LogP contribution in [0.4, 0.5) is 13.2 Å². The highest BCUT2D eigenvalue weighted by Crippen LogP contribution is 2.31. The second-order valence-corrected chi connectivity index (χ2v) is 5.33. The minimum absolute atomic E-state index is 0.0194. The molecule has 2 aromatic carbocycles. The van der Waals surface area contributed by atoms with E-state index in [9.17, 15) is 23.1 Å². The number of carbonyl (C=O) groups excluding carboxylic acids is 1. The molecule has 1 N–H and O–H groups in total. The smallest absolute Gasteiger partial charge is 0.416 e. The molecule has 3 rings (SSSR count). The van der Waals surface area contributed by atoms with Gasteiger partial charge in [0.1, 0.15) is 5.75 Å². The number of aromatic hydroxyl groups is 1. The number of halogens is 3. The van der Waals surface area contributed by atoms with Crippen LogP contribution >= 0.6 is 0 Å². The minimum atomic E-state index is -4.53. The van der Waals surface area contributed by atoms with E-state index in [-0.39, 0.29) is 24.5 Å². The van der Waals surface area contributed by atoms with Gasteiger partial charge in [-0.1, -0.05) is 30.3 Å². The molecular formula is C16H14F3NO3. The predicted octanol–water partition coefficient (Wildman–Crippen LogP) is 2.95. The third-order valence-electron chi connectivity index (χ3n) is 3.84. The van der Waals surface area contributed by atoms with E-state index in [1.54, 1.807) is 30.3 Å². The second-order valence-electron chi connectivity index (χ2n) is 5.33. The van der Waals surface area contributed by atoms with E-state index in [4.69, 9.17) is 4.74 Å². The molecule has 1 saturated heterocycles. The lowest BCUT2D eigenvalue weighted by molar-refractivity contribution is -0.233. The molecule has 0 saturated carbocycles. The summed E-state index contributed by atoms with van der Waals surface area (Å²) in [6.07, 6.45) is -6.53. The first kappa shape index (κ1) is 15.6. The van der Waals surface area contributed by atoms with Gasteiger partial charge in [0, 0.05) is 6.54 Å². The highest BCUT2D eigenvalue weighted by atomic mass is 19.4. The van der Waals surface area contributed by atoms with Gasteiger partial charge in [-0.15, -0.1) is 0 Å². The van der Waals surface area contributed by atoms with Crippen molar-refractivity contribution in [1.29, 1.82) is 0 Å². The number of amides is 1. The van der Waals surface area contributed by atoms with Gasteiger partial charge < -0.3 is 14.7 Å². The number of nitrogens with zero attached hydrogens (tertiary/aromatic N) is 1. The van der Waals surface area contributed by atoms with Crippen LogP contribution in [0.2, 0.25) is 0 Å². The molecule has 0 aliphatic carbocycles. The van der Waals surface area contributed by atoms with E-state index >= 15 is 0 Å². The quantitative estimate of drug-likeness (QED) is 0.877. The SMILES string of the molecule is O=C(c1c(O)ccc2ccccc12)N1CCO[C@H](C(F)(F)F)C1. The van der Waals surface area contributed by atoms with Crippen molar-refractivity contribution in [3.05, 3.63) is 42.0 Å². The topological polar surface area (TPSA) is 49.8 Å². The molecule has 4 nitrogen and oxygen atoms in total. The van der Waals surface area contributed by atoms with Crippen molar-refractivity contribution in [2.75, 3.05) is 19.7 Å². The monoisotopic (exact) mass is 325 g/mol. The number of morpholine rings is 1. The molecule has 0 unspecified atom stereocenters. The maximum absolute atomic E-state index is 12.8. The number of phenolic OH excluding ortho intramolecular Hbond substituents is 1. The van der Waals surface area contributed by atoms with Gasteiger partial charge in [0.15, 0.2) is 6.10 Å². The summed E-state index contributed by atoms with van der Waals surface area (Å²) in [6, 6.07) is 9.93. The van der Waals surface area contributed by atoms with Crippen molar-refractivity contribution >= 4 is 16.7 Å². The number of hydrogen-bond acceptors (Lipinski definition) is 3. The van der Waals surface area contributed by atoms with Crippen LogP contribution in [0.15, 0.2) is 36.4 Å². The van der Waals surface area contributed by atoms with E-state index in [1.165, 1.54) is 6.07 Å². The zero-order chi connectivity index (χ0) is 16.6. The number of alkyl halides is 3. The predicted molar refractivity (Wildman–Crippen MR) is 77.3 cm³/mol. The molecule has 1 aliphatic rings. The number of rotatable bonds is 1. The van der Waals surface area contributed by atoms with Crippen molar-refractivity contribution in [3.63, 3.8) is 0 Å². The maximum atomic E-state index is 12.8. The first-order valence-corrected chi connectivity index (χ1v) is 7.06. The summed E-state index contributed by atoms with van der Waals surface area (Å²) >= 11 is 0. The summed E-state index contributed by atoms with van der Waals surface area (Å²) < 4.78 is 43.1. The van der Waals surface area contributed by atoms with Gasteiger partial charge in [-0.05, 0) is 16.8 Å². The molecule has 7 heteroatoms. The number of fused-ring (bicyclic) bond motifs is 1. The molecule has 0 aromatic heterocycles. The summed E-state index contributed by atoms with van der Waals surface area (Å²) in [5.74, 6) is -0.874. The lowest BCUT2D eigenvalue weighted by Crippen LogP contribution is -2.51. The highest BCUT2D eigenvalue weighted by molar-refractivity contribution is 6.09. The fraction of sp³-hybridized carbons (Fsp3) is 0.312. The average molecular weight is 325 g/mol. The molecule has 1 atom stereocenters. The highest BCUT2D eigenvalue weighted by Gasteiger charge is 2.44. The van der Waals surface area contributed by atoms with Crippen molar-refractivity contribution in [2.45, 2.75) is 12.3 Å². The Hall–Kier alpha value is -2.28. The van der Waals surface area contributed by atoms with E-state index in [0.717, 1.165) is 10.3 Å². The third kappa shape index (κ3) is 2.96. The molecule has 23 heavy (non-hydrogen) atoms. The number of phenols is 1. The number of hydrogen-bond donors (Lipinski definition) is 1. The van der Waals surface area contributed by atoms with Gasteiger partial charge in [-0.2, -0.15) is 13.2 Å². The molecule has 1 amide bonds. The Labute approximate surface area is 130 Å². The van der Waals surface area contributed by atoms with Crippen LogP contribution in [-0.2, 0) is 4.74 Å². The van der Waals surface area contributed by atoms with E-state index < -0.39 is 24.7 Å². The normalized spacial score (nSPS) is 19.1. The van der Waals surface area contributed by atoms with Crippen LogP contribution in [0, 0.1) is 0 Å². The summed E-state index contributed by atoms with van der Waals surface area (Å²) in [4.78, 5) is 13.7. The Morgan fingerprint density at radius 1 is 1.22 bits per heavy atom.